The monoisotopic (exact) mass is 309 g/mol. The summed E-state index contributed by atoms with van der Waals surface area (Å²) in [6, 6.07) is 16.9. The third-order valence-electron chi connectivity index (χ3n) is 4.19. The molecule has 4 heteroatoms. The number of nitrogens with zero attached hydrogens (tertiary/aromatic N) is 2. The van der Waals surface area contributed by atoms with E-state index < -0.39 is 0 Å². The number of aryl methyl sites for hydroxylation is 1. The van der Waals surface area contributed by atoms with Crippen LogP contribution in [0.15, 0.2) is 53.6 Å². The first-order valence-corrected chi connectivity index (χ1v) is 7.97. The molecule has 0 fully saturated rings. The van der Waals surface area contributed by atoms with E-state index in [1.807, 2.05) is 18.2 Å². The fourth-order valence-electron chi connectivity index (χ4n) is 2.93. The number of hydrazone groups is 1. The molecule has 23 heavy (non-hydrogen) atoms. The first kappa shape index (κ1) is 15.6. The van der Waals surface area contributed by atoms with Crippen LogP contribution in [0.2, 0.25) is 0 Å². The molecule has 120 valence electrons. The molecule has 1 atom stereocenters. The van der Waals surface area contributed by atoms with Gasteiger partial charge < -0.3 is 10.5 Å². The number of hydrogen-bond acceptors (Lipinski definition) is 4. The predicted octanol–water partition coefficient (Wildman–Crippen LogP) is 3.66. The molecule has 0 aromatic heterocycles. The maximum atomic E-state index is 5.72. The molecule has 0 aliphatic carbocycles. The smallest absolute Gasteiger partial charge is 0.120 e. The molecule has 3 rings (SSSR count). The quantitative estimate of drug-likeness (QED) is 0.917. The molecule has 0 saturated heterocycles. The van der Waals surface area contributed by atoms with Gasteiger partial charge in [-0.15, -0.1) is 0 Å². The van der Waals surface area contributed by atoms with E-state index in [0.717, 1.165) is 30.0 Å². The molecule has 0 saturated carbocycles. The van der Waals surface area contributed by atoms with Gasteiger partial charge in [-0.05, 0) is 37.6 Å². The Hall–Kier alpha value is -2.33. The summed E-state index contributed by atoms with van der Waals surface area (Å²) >= 11 is 0. The Kier molecular flexibility index (Phi) is 4.63. The van der Waals surface area contributed by atoms with Gasteiger partial charge >= 0.3 is 0 Å². The number of ether oxygens (including phenoxy) is 1. The number of anilines is 1. The predicted molar refractivity (Wildman–Crippen MR) is 95.1 cm³/mol. The van der Waals surface area contributed by atoms with Crippen LogP contribution in [0.3, 0.4) is 0 Å². The van der Waals surface area contributed by atoms with Crippen molar-refractivity contribution in [3.05, 3.63) is 59.7 Å². The highest BCUT2D eigenvalue weighted by atomic mass is 16.5. The summed E-state index contributed by atoms with van der Waals surface area (Å²) in [6.45, 7) is 2.74. The summed E-state index contributed by atoms with van der Waals surface area (Å²) in [5, 5.41) is 6.91. The Morgan fingerprint density at radius 1 is 1.22 bits per heavy atom. The molecule has 2 N–H and O–H groups in total. The van der Waals surface area contributed by atoms with Crippen molar-refractivity contribution in [1.29, 1.82) is 0 Å². The lowest BCUT2D eigenvalue weighted by Crippen LogP contribution is -2.18. The topological polar surface area (TPSA) is 50.8 Å². The Balaban J connectivity index is 1.95. The average molecular weight is 309 g/mol. The van der Waals surface area contributed by atoms with Gasteiger partial charge in [0.25, 0.3) is 0 Å². The van der Waals surface area contributed by atoms with Crippen molar-refractivity contribution in [3.63, 3.8) is 0 Å². The lowest BCUT2D eigenvalue weighted by molar-refractivity contribution is 0.414. The number of benzene rings is 2. The van der Waals surface area contributed by atoms with Gasteiger partial charge in [0.15, 0.2) is 0 Å². The third kappa shape index (κ3) is 3.37. The normalized spacial score (nSPS) is 17.3. The summed E-state index contributed by atoms with van der Waals surface area (Å²) in [7, 11) is 1.68. The largest absolute Gasteiger partial charge is 0.497 e. The van der Waals surface area contributed by atoms with Crippen molar-refractivity contribution >= 4 is 11.4 Å². The molecular formula is C19H23N3O. The zero-order chi connectivity index (χ0) is 16.2. The van der Waals surface area contributed by atoms with Crippen LogP contribution < -0.4 is 15.5 Å². The van der Waals surface area contributed by atoms with E-state index in [0.29, 0.717) is 6.54 Å². The van der Waals surface area contributed by atoms with E-state index >= 15 is 0 Å². The van der Waals surface area contributed by atoms with E-state index in [2.05, 4.69) is 42.3 Å². The van der Waals surface area contributed by atoms with E-state index in [4.69, 9.17) is 15.6 Å². The highest BCUT2D eigenvalue weighted by Gasteiger charge is 2.28. The van der Waals surface area contributed by atoms with E-state index in [-0.39, 0.29) is 6.04 Å². The molecule has 4 nitrogen and oxygen atoms in total. The maximum Gasteiger partial charge on any atom is 0.120 e. The van der Waals surface area contributed by atoms with Crippen LogP contribution in [0.1, 0.15) is 30.0 Å². The molecule has 1 aliphatic heterocycles. The molecule has 0 radical (unpaired) electrons. The van der Waals surface area contributed by atoms with Crippen LogP contribution in [-0.2, 0) is 0 Å². The fourth-order valence-corrected chi connectivity index (χ4v) is 2.93. The van der Waals surface area contributed by atoms with Crippen LogP contribution in [0.5, 0.6) is 5.75 Å². The van der Waals surface area contributed by atoms with Gasteiger partial charge in [0.05, 0.1) is 18.8 Å². The Morgan fingerprint density at radius 3 is 2.70 bits per heavy atom. The zero-order valence-electron chi connectivity index (χ0n) is 13.7. The summed E-state index contributed by atoms with van der Waals surface area (Å²) in [6.07, 6.45) is 1.75. The number of rotatable bonds is 5. The Labute approximate surface area is 137 Å². The second-order valence-electron chi connectivity index (χ2n) is 5.88. The third-order valence-corrected chi connectivity index (χ3v) is 4.19. The van der Waals surface area contributed by atoms with Gasteiger partial charge in [-0.3, -0.25) is 5.01 Å². The van der Waals surface area contributed by atoms with Crippen LogP contribution in [-0.4, -0.2) is 19.4 Å². The highest BCUT2D eigenvalue weighted by molar-refractivity contribution is 5.89. The number of nitrogens with two attached hydrogens (primary N) is 1. The number of methoxy groups -OCH3 is 1. The Bertz CT molecular complexity index is 694. The van der Waals surface area contributed by atoms with E-state index in [9.17, 15) is 0 Å². The number of hydrogen-bond donors (Lipinski definition) is 1. The van der Waals surface area contributed by atoms with Crippen molar-refractivity contribution < 1.29 is 4.74 Å². The maximum absolute atomic E-state index is 5.72. The summed E-state index contributed by atoms with van der Waals surface area (Å²) in [4.78, 5) is 0. The summed E-state index contributed by atoms with van der Waals surface area (Å²) < 4.78 is 5.35. The minimum absolute atomic E-state index is 0.212. The van der Waals surface area contributed by atoms with Crippen molar-refractivity contribution in [1.82, 2.24) is 0 Å². The second-order valence-corrected chi connectivity index (χ2v) is 5.88. The van der Waals surface area contributed by atoms with Gasteiger partial charge in [0, 0.05) is 18.2 Å². The van der Waals surface area contributed by atoms with Crippen LogP contribution in [0.4, 0.5) is 5.69 Å². The van der Waals surface area contributed by atoms with Crippen LogP contribution in [0.25, 0.3) is 0 Å². The first-order chi connectivity index (χ1) is 11.2. The average Bonchev–Trinajstić information content (AvgIpc) is 3.00. The molecule has 1 unspecified atom stereocenters. The molecular weight excluding hydrogens is 286 g/mol. The highest BCUT2D eigenvalue weighted by Crippen LogP contribution is 2.36. The van der Waals surface area contributed by atoms with Crippen molar-refractivity contribution in [2.75, 3.05) is 18.7 Å². The molecule has 0 bridgehead atoms. The molecule has 2 aromatic carbocycles. The lowest BCUT2D eigenvalue weighted by atomic mass is 9.99. The first-order valence-electron chi connectivity index (χ1n) is 7.97. The summed E-state index contributed by atoms with van der Waals surface area (Å²) in [5.41, 5.74) is 10.5. The van der Waals surface area contributed by atoms with Crippen molar-refractivity contribution in [3.8, 4) is 5.75 Å². The van der Waals surface area contributed by atoms with Gasteiger partial charge in [0.2, 0.25) is 0 Å². The molecule has 1 heterocycles. The zero-order valence-corrected chi connectivity index (χ0v) is 13.7. The van der Waals surface area contributed by atoms with Crippen molar-refractivity contribution in [2.24, 2.45) is 10.8 Å². The van der Waals surface area contributed by atoms with E-state index in [1.165, 1.54) is 11.1 Å². The molecule has 0 amide bonds. The van der Waals surface area contributed by atoms with Crippen LogP contribution in [0, 0.1) is 6.92 Å². The van der Waals surface area contributed by atoms with Crippen molar-refractivity contribution in [2.45, 2.75) is 25.8 Å². The lowest BCUT2D eigenvalue weighted by Gasteiger charge is -2.24. The fraction of sp³-hybridized carbons (Fsp3) is 0.316. The summed E-state index contributed by atoms with van der Waals surface area (Å²) in [5.74, 6) is 0.840. The van der Waals surface area contributed by atoms with Crippen LogP contribution >= 0.6 is 0 Å². The second kappa shape index (κ2) is 6.84. The Morgan fingerprint density at radius 2 is 2.00 bits per heavy atom. The standard InChI is InChI=1S/C19H23N3O/c1-14-6-8-15(9-7-14)19-12-16(10-11-20)21-22(19)17-4-3-5-18(13-17)23-2/h3-9,13,19H,10-12,20H2,1-2H3. The van der Waals surface area contributed by atoms with Gasteiger partial charge in [0.1, 0.15) is 5.75 Å². The molecule has 2 aromatic rings. The van der Waals surface area contributed by atoms with Gasteiger partial charge in [-0.25, -0.2) is 0 Å². The SMILES string of the molecule is COc1cccc(N2N=C(CCN)CC2c2ccc(C)cc2)c1. The van der Waals surface area contributed by atoms with Gasteiger partial charge in [-0.2, -0.15) is 5.10 Å². The molecule has 1 aliphatic rings. The minimum Gasteiger partial charge on any atom is -0.497 e. The minimum atomic E-state index is 0.212. The molecule has 0 spiro atoms. The van der Waals surface area contributed by atoms with E-state index in [1.54, 1.807) is 7.11 Å². The van der Waals surface area contributed by atoms with Gasteiger partial charge in [-0.1, -0.05) is 35.9 Å².